The number of hydrogen-bond donors (Lipinski definition) is 0. The Morgan fingerprint density at radius 2 is 0.903 bits per heavy atom. The van der Waals surface area contributed by atoms with E-state index < -0.39 is 23.5 Å². The van der Waals surface area contributed by atoms with Gasteiger partial charge in [-0.1, -0.05) is 114 Å². The minimum Gasteiger partial charge on any atom is -0.273 e. The van der Waals surface area contributed by atoms with E-state index in [0.717, 1.165) is 54.9 Å². The normalized spacial score (nSPS) is 12.5. The van der Waals surface area contributed by atoms with Gasteiger partial charge in [-0.15, -0.1) is 71.0 Å². The fraction of sp³-hybridized carbons (Fsp3) is 0.208. The summed E-state index contributed by atoms with van der Waals surface area (Å²) in [5.41, 5.74) is 7.77. The van der Waals surface area contributed by atoms with E-state index >= 15 is 0 Å². The van der Waals surface area contributed by atoms with Crippen molar-refractivity contribution in [3.8, 4) is 22.3 Å². The molecule has 8 rings (SSSR count). The summed E-state index contributed by atoms with van der Waals surface area (Å²) in [6.07, 6.45) is 1.18. The second kappa shape index (κ2) is 20.4. The van der Waals surface area contributed by atoms with Crippen molar-refractivity contribution in [3.63, 3.8) is 0 Å². The largest absolute Gasteiger partial charge is 0.273 e. The van der Waals surface area contributed by atoms with Crippen molar-refractivity contribution >= 4 is 49.6 Å². The van der Waals surface area contributed by atoms with E-state index in [4.69, 9.17) is 0 Å². The molecule has 0 radical (unpaired) electrons. The van der Waals surface area contributed by atoms with Gasteiger partial charge >= 0.3 is 137 Å². The number of allylic oxidation sites excluding steroid dienone is 4. The van der Waals surface area contributed by atoms with Crippen LogP contribution in [-0.4, -0.2) is 3.21 Å². The van der Waals surface area contributed by atoms with Gasteiger partial charge in [-0.25, -0.2) is 12.2 Å². The zero-order valence-corrected chi connectivity index (χ0v) is 39.4. The number of fused-ring (bicyclic) bond motifs is 3. The third-order valence-electron chi connectivity index (χ3n) is 10.4. The van der Waals surface area contributed by atoms with Crippen molar-refractivity contribution in [1.29, 1.82) is 0 Å². The topological polar surface area (TPSA) is 0 Å². The summed E-state index contributed by atoms with van der Waals surface area (Å²) in [6.45, 7) is 13.9. The smallest absolute Gasteiger partial charge is 0.109 e. The minimum atomic E-state index is -4.41. The molecule has 0 bridgehead atoms. The number of alkyl halides is 6. The van der Waals surface area contributed by atoms with Gasteiger partial charge in [-0.3, -0.25) is 6.08 Å². The SMILES string of the molecule is CC(C)(C)c1cc2c(cc1-c1ccccc1)[cH-]c1cc(-c3ccccc3)c(C(C)(C)C)cc12.Cl.Cl.FC(F)(F)c1ccc([C](=[Zr+2])c2ccc(C(F)(F)F)cc2)cc1.[C-]1=CC=CC1. The average molecular weight is 961 g/mol. The molecule has 0 aromatic heterocycles. The molecule has 0 unspecified atom stereocenters. The fourth-order valence-corrected chi connectivity index (χ4v) is 8.04. The Bertz CT molecular complexity index is 2460. The van der Waals surface area contributed by atoms with Gasteiger partial charge in [0, 0.05) is 0 Å². The molecule has 0 saturated carbocycles. The van der Waals surface area contributed by atoms with Crippen LogP contribution in [0, 0.1) is 6.08 Å². The molecule has 0 amide bonds. The van der Waals surface area contributed by atoms with Crippen LogP contribution >= 0.6 is 24.8 Å². The average Bonchev–Trinajstić information content (AvgIpc) is 3.91. The van der Waals surface area contributed by atoms with Crippen LogP contribution in [0.5, 0.6) is 0 Å². The maximum atomic E-state index is 12.5. The Morgan fingerprint density at radius 1 is 0.532 bits per heavy atom. The maximum absolute atomic E-state index is 12.5. The molecule has 7 aromatic rings. The Hall–Kier alpha value is -4.42. The fourth-order valence-electron chi connectivity index (χ4n) is 7.22. The summed E-state index contributed by atoms with van der Waals surface area (Å²) in [7, 11) is 0. The molecule has 0 fully saturated rings. The first kappa shape index (κ1) is 50.2. The molecule has 62 heavy (non-hydrogen) atoms. The molecule has 0 N–H and O–H groups in total. The number of rotatable bonds is 4. The van der Waals surface area contributed by atoms with E-state index in [9.17, 15) is 26.3 Å². The molecule has 9 heteroatoms. The van der Waals surface area contributed by atoms with E-state index in [-0.39, 0.29) is 35.6 Å². The predicted octanol–water partition coefficient (Wildman–Crippen LogP) is 16.6. The van der Waals surface area contributed by atoms with Gasteiger partial charge in [0.05, 0.1) is 0 Å². The zero-order chi connectivity index (χ0) is 43.5. The van der Waals surface area contributed by atoms with E-state index in [1.165, 1.54) is 79.2 Å². The summed E-state index contributed by atoms with van der Waals surface area (Å²) in [5, 5.41) is 5.36. The molecular formula is C53H48Cl2F6Zr. The molecule has 1 aliphatic carbocycles. The molecule has 320 valence electrons. The third-order valence-corrected chi connectivity index (χ3v) is 11.8. The van der Waals surface area contributed by atoms with Crippen molar-refractivity contribution in [2.24, 2.45) is 0 Å². The predicted molar refractivity (Wildman–Crippen MR) is 247 cm³/mol. The van der Waals surface area contributed by atoms with Crippen LogP contribution in [0.2, 0.25) is 0 Å². The van der Waals surface area contributed by atoms with Crippen LogP contribution < -0.4 is 0 Å². The van der Waals surface area contributed by atoms with Crippen molar-refractivity contribution in [2.75, 3.05) is 0 Å². The van der Waals surface area contributed by atoms with Crippen molar-refractivity contribution in [1.82, 2.24) is 0 Å². The molecule has 7 aromatic carbocycles. The van der Waals surface area contributed by atoms with Crippen LogP contribution in [-0.2, 0) is 47.4 Å². The standard InChI is InChI=1S/C33H33.C15H8F6.C5H5.2ClH.Zr/c1-32(2,3)30-20-26-24(18-28(30)22-13-9-7-10-14-22)17-25-19-29(23-15-11-8-12-16-23)31(21-27(25)26)33(4,5)6;16-14(17,18)12-5-1-10(2-6-12)9-11-3-7-13(8-4-11)15(19,20)21;1-2-4-5-3-1;;;/h7-21H,1-6H3;1-8H;1-3H,4H2;2*1H;/q-1;;-1;;;+2. The van der Waals surface area contributed by atoms with Crippen molar-refractivity contribution in [2.45, 2.75) is 71.1 Å². The molecular weight excluding hydrogens is 913 g/mol. The zero-order valence-electron chi connectivity index (χ0n) is 35.3. The van der Waals surface area contributed by atoms with Gasteiger partial charge < -0.3 is 0 Å². The second-order valence-corrected chi connectivity index (χ2v) is 18.1. The van der Waals surface area contributed by atoms with Crippen LogP contribution in [0.3, 0.4) is 0 Å². The maximum Gasteiger partial charge on any atom is -0.109 e. The van der Waals surface area contributed by atoms with Gasteiger partial charge in [0.1, 0.15) is 0 Å². The second-order valence-electron chi connectivity index (χ2n) is 16.9. The van der Waals surface area contributed by atoms with Gasteiger partial charge in [0.2, 0.25) is 0 Å². The summed E-state index contributed by atoms with van der Waals surface area (Å²) < 4.78 is 75.6. The van der Waals surface area contributed by atoms with Crippen LogP contribution in [0.25, 0.3) is 43.8 Å². The van der Waals surface area contributed by atoms with E-state index in [2.05, 4.69) is 145 Å². The van der Waals surface area contributed by atoms with Gasteiger partial charge in [0.25, 0.3) is 0 Å². The molecule has 0 atom stereocenters. The van der Waals surface area contributed by atoms with E-state index in [0.29, 0.717) is 14.3 Å². The number of hydrogen-bond acceptors (Lipinski definition) is 0. The summed E-state index contributed by atoms with van der Waals surface area (Å²) in [4.78, 5) is 0. The van der Waals surface area contributed by atoms with E-state index in [1.807, 2.05) is 12.2 Å². The first-order valence-electron chi connectivity index (χ1n) is 19.7. The Kier molecular flexibility index (Phi) is 16.5. The molecule has 0 spiro atoms. The van der Waals surface area contributed by atoms with Crippen molar-refractivity contribution < 1.29 is 50.6 Å². The quantitative estimate of drug-likeness (QED) is 0.122. The van der Waals surface area contributed by atoms with Crippen LogP contribution in [0.15, 0.2) is 158 Å². The van der Waals surface area contributed by atoms with Gasteiger partial charge in [0.15, 0.2) is 0 Å². The summed E-state index contributed by atoms with van der Waals surface area (Å²) in [5.74, 6) is 0. The van der Waals surface area contributed by atoms with Crippen LogP contribution in [0.1, 0.15) is 81.3 Å². The van der Waals surface area contributed by atoms with Crippen molar-refractivity contribution in [3.05, 3.63) is 197 Å². The monoisotopic (exact) mass is 958 g/mol. The van der Waals surface area contributed by atoms with Crippen LogP contribution in [0.4, 0.5) is 26.3 Å². The molecule has 0 heterocycles. The Labute approximate surface area is 388 Å². The number of benzene rings is 6. The van der Waals surface area contributed by atoms with Gasteiger partial charge in [-0.2, -0.15) is 6.08 Å². The third kappa shape index (κ3) is 12.2. The number of halogens is 8. The summed E-state index contributed by atoms with van der Waals surface area (Å²) in [6, 6.07) is 42.9. The molecule has 0 saturated heterocycles. The molecule has 1 aliphatic rings. The first-order valence-corrected chi connectivity index (χ1v) is 20.9. The molecule has 0 nitrogen and oxygen atoms in total. The van der Waals surface area contributed by atoms with Gasteiger partial charge in [-0.05, 0) is 44.2 Å². The molecule has 0 aliphatic heterocycles. The van der Waals surface area contributed by atoms with E-state index in [1.54, 1.807) is 0 Å². The Morgan fingerprint density at radius 3 is 1.18 bits per heavy atom. The first-order chi connectivity index (χ1) is 28.2. The Balaban J connectivity index is 0.000000252. The minimum absolute atomic E-state index is 0. The summed E-state index contributed by atoms with van der Waals surface area (Å²) >= 11 is 0.898.